The molecule has 0 aliphatic rings. The summed E-state index contributed by atoms with van der Waals surface area (Å²) in [6, 6.07) is 14.5. The van der Waals surface area contributed by atoms with E-state index in [1.165, 1.54) is 16.7 Å². The van der Waals surface area contributed by atoms with Crippen molar-refractivity contribution in [2.75, 3.05) is 5.32 Å². The van der Waals surface area contributed by atoms with Crippen molar-refractivity contribution >= 4 is 35.6 Å². The van der Waals surface area contributed by atoms with Gasteiger partial charge in [0, 0.05) is 5.69 Å². The Hall–Kier alpha value is -1.56. The lowest BCUT2D eigenvalue weighted by Gasteiger charge is -2.08. The molecule has 0 bridgehead atoms. The third-order valence-corrected chi connectivity index (χ3v) is 3.01. The molecule has 0 spiro atoms. The van der Waals surface area contributed by atoms with Gasteiger partial charge in [-0.1, -0.05) is 35.9 Å². The molecule has 4 heteroatoms. The van der Waals surface area contributed by atoms with Crippen LogP contribution in [0.15, 0.2) is 47.5 Å². The molecule has 0 aliphatic heterocycles. The van der Waals surface area contributed by atoms with Gasteiger partial charge in [-0.3, -0.25) is 0 Å². The van der Waals surface area contributed by atoms with Crippen LogP contribution in [0.25, 0.3) is 0 Å². The number of nitrogens with two attached hydrogens (primary N) is 1. The number of aryl methyl sites for hydroxylation is 3. The van der Waals surface area contributed by atoms with Crippen molar-refractivity contribution in [1.29, 1.82) is 0 Å². The van der Waals surface area contributed by atoms with E-state index in [2.05, 4.69) is 67.5 Å². The number of aliphatic imine (C=N–C) groups is 1. The molecule has 21 heavy (non-hydrogen) atoms. The van der Waals surface area contributed by atoms with Crippen molar-refractivity contribution < 1.29 is 0 Å². The minimum absolute atomic E-state index is 0. The Morgan fingerprint density at radius 1 is 1.00 bits per heavy atom. The molecule has 0 saturated carbocycles. The van der Waals surface area contributed by atoms with Crippen LogP contribution in [0.1, 0.15) is 22.3 Å². The number of hydrogen-bond donors (Lipinski definition) is 2. The van der Waals surface area contributed by atoms with E-state index in [4.69, 9.17) is 5.73 Å². The summed E-state index contributed by atoms with van der Waals surface area (Å²) in [5.41, 5.74) is 11.7. The average Bonchev–Trinajstić information content (AvgIpc) is 2.35. The molecular formula is C17H22IN3. The number of benzene rings is 2. The van der Waals surface area contributed by atoms with Crippen LogP contribution in [0, 0.1) is 20.8 Å². The van der Waals surface area contributed by atoms with Crippen LogP contribution in [0.2, 0.25) is 0 Å². The number of guanidine groups is 1. The van der Waals surface area contributed by atoms with E-state index in [0.29, 0.717) is 12.5 Å². The third-order valence-electron chi connectivity index (χ3n) is 3.01. The van der Waals surface area contributed by atoms with E-state index in [0.717, 1.165) is 11.3 Å². The highest BCUT2D eigenvalue weighted by Crippen LogP contribution is 2.13. The molecule has 2 aromatic rings. The van der Waals surface area contributed by atoms with E-state index < -0.39 is 0 Å². The van der Waals surface area contributed by atoms with Crippen molar-refractivity contribution in [2.45, 2.75) is 27.3 Å². The summed E-state index contributed by atoms with van der Waals surface area (Å²) in [7, 11) is 0. The fraction of sp³-hybridized carbons (Fsp3) is 0.235. The molecule has 0 atom stereocenters. The highest BCUT2D eigenvalue weighted by atomic mass is 127. The van der Waals surface area contributed by atoms with E-state index in [-0.39, 0.29) is 24.0 Å². The van der Waals surface area contributed by atoms with Crippen molar-refractivity contribution in [3.05, 3.63) is 64.7 Å². The van der Waals surface area contributed by atoms with Crippen LogP contribution in [-0.4, -0.2) is 5.96 Å². The molecule has 0 aromatic heterocycles. The zero-order chi connectivity index (χ0) is 14.5. The lowest BCUT2D eigenvalue weighted by atomic mass is 10.1. The zero-order valence-corrected chi connectivity index (χ0v) is 15.0. The maximum Gasteiger partial charge on any atom is 0.193 e. The van der Waals surface area contributed by atoms with Gasteiger partial charge in [-0.2, -0.15) is 0 Å². The van der Waals surface area contributed by atoms with Gasteiger partial charge in [-0.15, -0.1) is 24.0 Å². The van der Waals surface area contributed by atoms with Crippen molar-refractivity contribution in [3.63, 3.8) is 0 Å². The van der Waals surface area contributed by atoms with Gasteiger partial charge in [0.1, 0.15) is 0 Å². The van der Waals surface area contributed by atoms with Crippen molar-refractivity contribution in [2.24, 2.45) is 10.7 Å². The van der Waals surface area contributed by atoms with E-state index >= 15 is 0 Å². The largest absolute Gasteiger partial charge is 0.370 e. The van der Waals surface area contributed by atoms with Gasteiger partial charge in [0.15, 0.2) is 5.96 Å². The summed E-state index contributed by atoms with van der Waals surface area (Å²) in [5, 5.41) is 3.14. The molecule has 0 aliphatic carbocycles. The Labute approximate surface area is 143 Å². The Kier molecular flexibility index (Phi) is 6.68. The molecule has 0 saturated heterocycles. The SMILES string of the molecule is Cc1cccc(CN=C(N)Nc2cc(C)cc(C)c2)c1.I. The van der Waals surface area contributed by atoms with Gasteiger partial charge < -0.3 is 11.1 Å². The second kappa shape index (κ2) is 8.02. The van der Waals surface area contributed by atoms with E-state index in [9.17, 15) is 0 Å². The normalized spacial score (nSPS) is 10.9. The topological polar surface area (TPSA) is 50.4 Å². The van der Waals surface area contributed by atoms with E-state index in [1.807, 2.05) is 6.07 Å². The predicted octanol–water partition coefficient (Wildman–Crippen LogP) is 4.16. The Morgan fingerprint density at radius 2 is 1.67 bits per heavy atom. The van der Waals surface area contributed by atoms with Gasteiger partial charge in [0.2, 0.25) is 0 Å². The average molecular weight is 395 g/mol. The van der Waals surface area contributed by atoms with Crippen LogP contribution in [-0.2, 0) is 6.54 Å². The minimum atomic E-state index is 0. The van der Waals surface area contributed by atoms with Crippen LogP contribution in [0.3, 0.4) is 0 Å². The lowest BCUT2D eigenvalue weighted by Crippen LogP contribution is -2.22. The fourth-order valence-corrected chi connectivity index (χ4v) is 2.22. The molecule has 3 nitrogen and oxygen atoms in total. The maximum atomic E-state index is 5.93. The first-order valence-electron chi connectivity index (χ1n) is 6.74. The zero-order valence-electron chi connectivity index (χ0n) is 12.7. The van der Waals surface area contributed by atoms with E-state index in [1.54, 1.807) is 0 Å². The fourth-order valence-electron chi connectivity index (χ4n) is 2.22. The minimum Gasteiger partial charge on any atom is -0.370 e. The summed E-state index contributed by atoms with van der Waals surface area (Å²) >= 11 is 0. The number of halogens is 1. The molecule has 0 radical (unpaired) electrons. The standard InChI is InChI=1S/C17H21N3.HI/c1-12-5-4-6-15(8-12)11-19-17(18)20-16-9-13(2)7-14(3)10-16;/h4-10H,11H2,1-3H3,(H3,18,19,20);1H. The lowest BCUT2D eigenvalue weighted by molar-refractivity contribution is 1.05. The number of nitrogens with zero attached hydrogens (tertiary/aromatic N) is 1. The smallest absolute Gasteiger partial charge is 0.193 e. The Bertz CT molecular complexity index is 615. The van der Waals surface area contributed by atoms with Gasteiger partial charge in [0.25, 0.3) is 0 Å². The second-order valence-corrected chi connectivity index (χ2v) is 5.19. The highest BCUT2D eigenvalue weighted by molar-refractivity contribution is 14.0. The molecule has 0 fully saturated rings. The monoisotopic (exact) mass is 395 g/mol. The number of rotatable bonds is 3. The summed E-state index contributed by atoms with van der Waals surface area (Å²) in [6.45, 7) is 6.80. The highest BCUT2D eigenvalue weighted by Gasteiger charge is 1.98. The molecule has 0 heterocycles. The van der Waals surface area contributed by atoms with Gasteiger partial charge in [-0.25, -0.2) is 4.99 Å². The molecule has 3 N–H and O–H groups in total. The van der Waals surface area contributed by atoms with Crippen LogP contribution >= 0.6 is 24.0 Å². The summed E-state index contributed by atoms with van der Waals surface area (Å²) in [6.07, 6.45) is 0. The number of hydrogen-bond acceptors (Lipinski definition) is 1. The third kappa shape index (κ3) is 5.75. The van der Waals surface area contributed by atoms with Crippen LogP contribution in [0.5, 0.6) is 0 Å². The quantitative estimate of drug-likeness (QED) is 0.466. The first-order chi connectivity index (χ1) is 9.52. The molecule has 112 valence electrons. The molecule has 0 unspecified atom stereocenters. The number of nitrogens with one attached hydrogen (secondary N) is 1. The van der Waals surface area contributed by atoms with Crippen molar-refractivity contribution in [1.82, 2.24) is 0 Å². The first kappa shape index (κ1) is 17.5. The van der Waals surface area contributed by atoms with Gasteiger partial charge in [-0.05, 0) is 49.6 Å². The summed E-state index contributed by atoms with van der Waals surface area (Å²) in [4.78, 5) is 4.37. The van der Waals surface area contributed by atoms with Gasteiger partial charge in [0.05, 0.1) is 6.54 Å². The number of anilines is 1. The first-order valence-corrected chi connectivity index (χ1v) is 6.74. The molecule has 0 amide bonds. The molecule has 2 rings (SSSR count). The van der Waals surface area contributed by atoms with Gasteiger partial charge >= 0.3 is 0 Å². The maximum absolute atomic E-state index is 5.93. The second-order valence-electron chi connectivity index (χ2n) is 5.19. The van der Waals surface area contributed by atoms with Crippen LogP contribution < -0.4 is 11.1 Å². The van der Waals surface area contributed by atoms with Crippen LogP contribution in [0.4, 0.5) is 5.69 Å². The Morgan fingerprint density at radius 3 is 2.29 bits per heavy atom. The predicted molar refractivity (Wildman–Crippen MR) is 101 cm³/mol. The Balaban J connectivity index is 0.00000220. The summed E-state index contributed by atoms with van der Waals surface area (Å²) < 4.78 is 0. The molecular weight excluding hydrogens is 373 g/mol. The molecule has 2 aromatic carbocycles. The summed E-state index contributed by atoms with van der Waals surface area (Å²) in [5.74, 6) is 0.441. The van der Waals surface area contributed by atoms with Crippen molar-refractivity contribution in [3.8, 4) is 0 Å².